The average Bonchev–Trinajstić information content (AvgIpc) is 2.34. The molecular formula is C16H29F3O4Si. The van der Waals surface area contributed by atoms with Gasteiger partial charge < -0.3 is 13.9 Å². The van der Waals surface area contributed by atoms with E-state index in [9.17, 15) is 18.0 Å². The van der Waals surface area contributed by atoms with Gasteiger partial charge in [-0.2, -0.15) is 13.2 Å². The molecule has 1 fully saturated rings. The first-order chi connectivity index (χ1) is 10.8. The lowest BCUT2D eigenvalue weighted by Gasteiger charge is -2.51. The Morgan fingerprint density at radius 3 is 1.88 bits per heavy atom. The maximum atomic E-state index is 13.3. The van der Waals surface area contributed by atoms with Crippen LogP contribution in [0.4, 0.5) is 13.2 Å². The minimum atomic E-state index is -4.82. The number of hydrogen-bond donors (Lipinski definition) is 0. The van der Waals surface area contributed by atoms with Gasteiger partial charge in [0.05, 0.1) is 6.61 Å². The Labute approximate surface area is 143 Å². The zero-order valence-electron chi connectivity index (χ0n) is 15.5. The number of rotatable bonds is 7. The van der Waals surface area contributed by atoms with Gasteiger partial charge in [-0.1, -0.05) is 41.5 Å². The summed E-state index contributed by atoms with van der Waals surface area (Å²) >= 11 is 0. The lowest BCUT2D eigenvalue weighted by atomic mass is 9.93. The Bertz CT molecular complexity index is 421. The summed E-state index contributed by atoms with van der Waals surface area (Å²) in [6.07, 6.45) is -6.39. The lowest BCUT2D eigenvalue weighted by Crippen LogP contribution is -2.68. The van der Waals surface area contributed by atoms with Crippen LogP contribution < -0.4 is 0 Å². The molecule has 0 amide bonds. The highest BCUT2D eigenvalue weighted by Crippen LogP contribution is 2.51. The normalized spacial score (nSPS) is 25.3. The minimum absolute atomic E-state index is 0.131. The zero-order chi connectivity index (χ0) is 18.9. The van der Waals surface area contributed by atoms with Crippen molar-refractivity contribution >= 4 is 14.3 Å². The maximum Gasteiger partial charge on any atom is 0.428 e. The van der Waals surface area contributed by atoms with E-state index in [0.29, 0.717) is 0 Å². The molecule has 1 heterocycles. The summed E-state index contributed by atoms with van der Waals surface area (Å²) in [5.74, 6) is -1.39. The van der Waals surface area contributed by atoms with Crippen LogP contribution in [0.1, 0.15) is 54.9 Å². The molecule has 8 heteroatoms. The lowest BCUT2D eigenvalue weighted by molar-refractivity contribution is -0.374. The van der Waals surface area contributed by atoms with Crippen molar-refractivity contribution in [2.45, 2.75) is 89.6 Å². The Kier molecular flexibility index (Phi) is 6.55. The predicted molar refractivity (Wildman–Crippen MR) is 87.0 cm³/mol. The van der Waals surface area contributed by atoms with Crippen LogP contribution in [0.25, 0.3) is 0 Å². The molecule has 1 aliphatic heterocycles. The first-order valence-electron chi connectivity index (χ1n) is 8.44. The first-order valence-corrected chi connectivity index (χ1v) is 10.6. The first kappa shape index (κ1) is 21.4. The van der Waals surface area contributed by atoms with Gasteiger partial charge in [0.15, 0.2) is 6.29 Å². The Hall–Kier alpha value is -0.603. The van der Waals surface area contributed by atoms with Crippen molar-refractivity contribution < 1.29 is 31.9 Å². The van der Waals surface area contributed by atoms with Crippen molar-refractivity contribution in [1.82, 2.24) is 0 Å². The number of alkyl halides is 3. The van der Waals surface area contributed by atoms with E-state index >= 15 is 0 Å². The molecule has 0 bridgehead atoms. The van der Waals surface area contributed by atoms with Crippen LogP contribution in [0.15, 0.2) is 0 Å². The summed E-state index contributed by atoms with van der Waals surface area (Å²) in [5.41, 5.74) is -2.25. The molecule has 0 aliphatic carbocycles. The molecule has 0 aromatic carbocycles. The van der Waals surface area contributed by atoms with Gasteiger partial charge in [-0.15, -0.1) is 0 Å². The van der Waals surface area contributed by atoms with Crippen LogP contribution in [0.5, 0.6) is 0 Å². The van der Waals surface area contributed by atoms with E-state index in [4.69, 9.17) is 9.16 Å². The van der Waals surface area contributed by atoms with E-state index in [-0.39, 0.29) is 23.2 Å². The fourth-order valence-electron chi connectivity index (χ4n) is 3.83. The number of halogens is 3. The van der Waals surface area contributed by atoms with Crippen LogP contribution in [0.3, 0.4) is 0 Å². The fraction of sp³-hybridized carbons (Fsp3) is 0.938. The van der Waals surface area contributed by atoms with E-state index in [1.807, 2.05) is 41.5 Å². The van der Waals surface area contributed by atoms with Gasteiger partial charge in [0.1, 0.15) is 0 Å². The van der Waals surface area contributed by atoms with E-state index in [1.54, 1.807) is 0 Å². The molecule has 1 saturated heterocycles. The molecule has 0 N–H and O–H groups in total. The van der Waals surface area contributed by atoms with E-state index in [0.717, 1.165) is 0 Å². The number of carbonyl (C=O) groups is 1. The molecule has 1 aliphatic rings. The van der Waals surface area contributed by atoms with Crippen molar-refractivity contribution in [3.63, 3.8) is 0 Å². The molecule has 0 aromatic heterocycles. The number of hydrogen-bond acceptors (Lipinski definition) is 4. The average molecular weight is 370 g/mol. The third-order valence-corrected chi connectivity index (χ3v) is 11.0. The highest BCUT2D eigenvalue weighted by molar-refractivity contribution is 6.77. The summed E-state index contributed by atoms with van der Waals surface area (Å²) in [6.45, 7) is 13.5. The summed E-state index contributed by atoms with van der Waals surface area (Å²) in [6, 6.07) is 0. The molecule has 0 unspecified atom stereocenters. The van der Waals surface area contributed by atoms with Gasteiger partial charge in [0, 0.05) is 6.42 Å². The summed E-state index contributed by atoms with van der Waals surface area (Å²) in [7, 11) is -2.38. The monoisotopic (exact) mass is 370 g/mol. The highest BCUT2D eigenvalue weighted by Gasteiger charge is 2.71. The molecule has 0 saturated carbocycles. The van der Waals surface area contributed by atoms with E-state index < -0.39 is 38.8 Å². The van der Waals surface area contributed by atoms with E-state index in [2.05, 4.69) is 4.74 Å². The van der Waals surface area contributed by atoms with Crippen LogP contribution in [-0.2, 0) is 18.7 Å². The largest absolute Gasteiger partial charge is 0.464 e. The second-order valence-corrected chi connectivity index (χ2v) is 12.6. The van der Waals surface area contributed by atoms with Crippen LogP contribution in [0, 0.1) is 0 Å². The zero-order valence-corrected chi connectivity index (χ0v) is 16.5. The molecule has 142 valence electrons. The second-order valence-electron chi connectivity index (χ2n) is 7.23. The third-order valence-electron chi connectivity index (χ3n) is 4.89. The van der Waals surface area contributed by atoms with Gasteiger partial charge in [-0.05, 0) is 23.5 Å². The number of ether oxygens (including phenoxy) is 2. The molecule has 24 heavy (non-hydrogen) atoms. The Morgan fingerprint density at radius 1 is 1.17 bits per heavy atom. The van der Waals surface area contributed by atoms with Gasteiger partial charge >= 0.3 is 12.1 Å². The summed E-state index contributed by atoms with van der Waals surface area (Å²) in [4.78, 5) is 11.8. The highest BCUT2D eigenvalue weighted by atomic mass is 28.4. The molecule has 1 rings (SSSR count). The number of esters is 1. The van der Waals surface area contributed by atoms with Gasteiger partial charge in [0.25, 0.3) is 5.60 Å². The van der Waals surface area contributed by atoms with Gasteiger partial charge in [-0.25, -0.2) is 4.79 Å². The molecule has 0 spiro atoms. The molecule has 4 nitrogen and oxygen atoms in total. The second kappa shape index (κ2) is 7.33. The third kappa shape index (κ3) is 3.50. The standard InChI is InChI=1S/C16H29F3O4Si/c1-8-21-14(20)15(16(17,18)19)9-13(22-15)23-24(10(2)3,11(4)5)12(6)7/h10-13H,8-9H2,1-7H3/t13-,15+/m1/s1. The van der Waals surface area contributed by atoms with E-state index in [1.165, 1.54) is 6.92 Å². The number of carbonyl (C=O) groups excluding carboxylic acids is 1. The maximum absolute atomic E-state index is 13.3. The van der Waals surface area contributed by atoms with Crippen molar-refractivity contribution in [3.8, 4) is 0 Å². The SMILES string of the molecule is CCOC(=O)[C@]1(C(F)(F)F)C[C@@H](O[Si](C(C)C)(C(C)C)C(C)C)O1. The summed E-state index contributed by atoms with van der Waals surface area (Å²) < 4.78 is 55.8. The minimum Gasteiger partial charge on any atom is -0.464 e. The Balaban J connectivity index is 2.99. The quantitative estimate of drug-likeness (QED) is 0.477. The van der Waals surface area contributed by atoms with Crippen molar-refractivity contribution in [2.75, 3.05) is 6.61 Å². The fourth-order valence-corrected chi connectivity index (χ4v) is 9.23. The topological polar surface area (TPSA) is 44.8 Å². The molecule has 2 atom stereocenters. The molecular weight excluding hydrogens is 341 g/mol. The van der Waals surface area contributed by atoms with Crippen LogP contribution in [-0.4, -0.2) is 39.0 Å². The van der Waals surface area contributed by atoms with Crippen molar-refractivity contribution in [1.29, 1.82) is 0 Å². The Morgan fingerprint density at radius 2 is 1.58 bits per heavy atom. The van der Waals surface area contributed by atoms with Crippen molar-refractivity contribution in [2.24, 2.45) is 0 Å². The molecule has 0 aromatic rings. The summed E-state index contributed by atoms with van der Waals surface area (Å²) in [5, 5.41) is 0. The van der Waals surface area contributed by atoms with Gasteiger partial charge in [-0.3, -0.25) is 0 Å². The van der Waals surface area contributed by atoms with Gasteiger partial charge in [0.2, 0.25) is 8.32 Å². The predicted octanol–water partition coefficient (Wildman–Crippen LogP) is 4.79. The molecule has 0 radical (unpaired) electrons. The smallest absolute Gasteiger partial charge is 0.428 e. The van der Waals surface area contributed by atoms with Crippen molar-refractivity contribution in [3.05, 3.63) is 0 Å². The van der Waals surface area contributed by atoms with Crippen LogP contribution >= 0.6 is 0 Å². The van der Waals surface area contributed by atoms with Crippen LogP contribution in [0.2, 0.25) is 16.6 Å².